The van der Waals surface area contributed by atoms with Crippen LogP contribution in [0.5, 0.6) is 0 Å². The summed E-state index contributed by atoms with van der Waals surface area (Å²) in [5.41, 5.74) is 2.08. The van der Waals surface area contributed by atoms with Gasteiger partial charge in [-0.2, -0.15) is 0 Å². The lowest BCUT2D eigenvalue weighted by Gasteiger charge is -2.19. The fraction of sp³-hybridized carbons (Fsp3) is 0.615. The highest BCUT2D eigenvalue weighted by Gasteiger charge is 2.07. The molecule has 1 rings (SSSR count). The first-order valence-corrected chi connectivity index (χ1v) is 6.44. The molecule has 0 aliphatic heterocycles. The number of pyridine rings is 1. The largest absolute Gasteiger partial charge is 0.381 e. The van der Waals surface area contributed by atoms with Crippen LogP contribution >= 0.6 is 11.6 Å². The molecule has 1 aromatic heterocycles. The Kier molecular flexibility index (Phi) is 5.61. The Morgan fingerprint density at radius 2 is 2.12 bits per heavy atom. The highest BCUT2D eigenvalue weighted by Crippen LogP contribution is 2.19. The predicted molar refractivity (Wildman–Crippen MR) is 71.2 cm³/mol. The Balaban J connectivity index is 2.62. The molecule has 0 saturated carbocycles. The number of halogens is 1. The van der Waals surface area contributed by atoms with Gasteiger partial charge < -0.3 is 5.32 Å². The van der Waals surface area contributed by atoms with Crippen molar-refractivity contribution in [1.82, 2.24) is 4.98 Å². The zero-order chi connectivity index (χ0) is 12.0. The van der Waals surface area contributed by atoms with Crippen molar-refractivity contribution < 1.29 is 0 Å². The van der Waals surface area contributed by atoms with Crippen LogP contribution in [0.1, 0.15) is 45.2 Å². The monoisotopic (exact) mass is 240 g/mol. The molecule has 1 heterocycles. The van der Waals surface area contributed by atoms with Crippen LogP contribution < -0.4 is 5.32 Å². The fourth-order valence-corrected chi connectivity index (χ4v) is 1.92. The smallest absolute Gasteiger partial charge is 0.129 e. The molecule has 0 radical (unpaired) electrons. The lowest BCUT2D eigenvalue weighted by atomic mass is 10.1. The van der Waals surface area contributed by atoms with E-state index < -0.39 is 0 Å². The van der Waals surface area contributed by atoms with Gasteiger partial charge >= 0.3 is 0 Å². The van der Waals surface area contributed by atoms with E-state index in [1.54, 1.807) is 0 Å². The number of nitrogens with one attached hydrogen (secondary N) is 1. The van der Waals surface area contributed by atoms with Crippen molar-refractivity contribution in [2.24, 2.45) is 0 Å². The molecule has 0 aromatic carbocycles. The molecule has 16 heavy (non-hydrogen) atoms. The third-order valence-electron chi connectivity index (χ3n) is 2.81. The lowest BCUT2D eigenvalue weighted by molar-refractivity contribution is 0.593. The van der Waals surface area contributed by atoms with Gasteiger partial charge in [0.25, 0.3) is 0 Å². The summed E-state index contributed by atoms with van der Waals surface area (Å²) in [5, 5.41) is 4.10. The van der Waals surface area contributed by atoms with E-state index in [0.29, 0.717) is 11.2 Å². The number of nitrogens with zero attached hydrogens (tertiary/aromatic N) is 1. The summed E-state index contributed by atoms with van der Waals surface area (Å²) >= 11 is 5.83. The zero-order valence-corrected chi connectivity index (χ0v) is 11.1. The van der Waals surface area contributed by atoms with E-state index in [9.17, 15) is 0 Å². The predicted octanol–water partition coefficient (Wildman–Crippen LogP) is 4.42. The van der Waals surface area contributed by atoms with Gasteiger partial charge in [-0.3, -0.25) is 0 Å². The second kappa shape index (κ2) is 6.74. The van der Waals surface area contributed by atoms with Gasteiger partial charge in [0, 0.05) is 6.04 Å². The maximum atomic E-state index is 5.83. The maximum absolute atomic E-state index is 5.83. The first-order valence-electron chi connectivity index (χ1n) is 6.07. The Morgan fingerprint density at radius 1 is 1.38 bits per heavy atom. The van der Waals surface area contributed by atoms with Crippen LogP contribution in [-0.4, -0.2) is 11.0 Å². The van der Waals surface area contributed by atoms with Crippen molar-refractivity contribution in [3.05, 3.63) is 23.0 Å². The molecule has 1 unspecified atom stereocenters. The van der Waals surface area contributed by atoms with E-state index in [4.69, 9.17) is 11.6 Å². The number of rotatable bonds is 6. The van der Waals surface area contributed by atoms with Gasteiger partial charge in [0.1, 0.15) is 5.15 Å². The van der Waals surface area contributed by atoms with Crippen molar-refractivity contribution in [3.8, 4) is 0 Å². The SMILES string of the molecule is CCCCC(CC)Nc1ccc(Cl)nc1C. The van der Waals surface area contributed by atoms with Crippen LogP contribution in [0.4, 0.5) is 5.69 Å². The molecule has 0 saturated heterocycles. The van der Waals surface area contributed by atoms with Crippen molar-refractivity contribution in [2.45, 2.75) is 52.5 Å². The Hall–Kier alpha value is -0.760. The molecular weight excluding hydrogens is 220 g/mol. The zero-order valence-electron chi connectivity index (χ0n) is 10.4. The average molecular weight is 241 g/mol. The van der Waals surface area contributed by atoms with Crippen LogP contribution in [-0.2, 0) is 0 Å². The highest BCUT2D eigenvalue weighted by atomic mass is 35.5. The molecule has 1 atom stereocenters. The van der Waals surface area contributed by atoms with Gasteiger partial charge in [0.05, 0.1) is 11.4 Å². The van der Waals surface area contributed by atoms with Crippen LogP contribution in [0.3, 0.4) is 0 Å². The number of hydrogen-bond acceptors (Lipinski definition) is 2. The van der Waals surface area contributed by atoms with Crippen molar-refractivity contribution in [1.29, 1.82) is 0 Å². The number of unbranched alkanes of at least 4 members (excludes halogenated alkanes) is 1. The van der Waals surface area contributed by atoms with E-state index in [1.165, 1.54) is 19.3 Å². The highest BCUT2D eigenvalue weighted by molar-refractivity contribution is 6.29. The van der Waals surface area contributed by atoms with Gasteiger partial charge in [-0.05, 0) is 31.9 Å². The minimum atomic E-state index is 0.543. The lowest BCUT2D eigenvalue weighted by Crippen LogP contribution is -2.19. The number of aromatic nitrogens is 1. The maximum Gasteiger partial charge on any atom is 0.129 e. The molecule has 1 N–H and O–H groups in total. The molecule has 0 fully saturated rings. The van der Waals surface area contributed by atoms with E-state index in [2.05, 4.69) is 24.1 Å². The summed E-state index contributed by atoms with van der Waals surface area (Å²) in [6.07, 6.45) is 4.87. The molecule has 1 aromatic rings. The molecule has 3 heteroatoms. The Labute approximate surface area is 103 Å². The van der Waals surface area contributed by atoms with Gasteiger partial charge in [0.15, 0.2) is 0 Å². The average Bonchev–Trinajstić information content (AvgIpc) is 2.27. The molecule has 0 aliphatic carbocycles. The third kappa shape index (κ3) is 4.01. The van der Waals surface area contributed by atoms with E-state index in [-0.39, 0.29) is 0 Å². The van der Waals surface area contributed by atoms with Crippen LogP contribution in [0.15, 0.2) is 12.1 Å². The molecule has 0 amide bonds. The molecule has 0 aliphatic rings. The quantitative estimate of drug-likeness (QED) is 0.745. The standard InChI is InChI=1S/C13H21ClN2/c1-4-6-7-11(5-2)16-12-8-9-13(14)15-10(12)3/h8-9,11,16H,4-7H2,1-3H3. The van der Waals surface area contributed by atoms with Crippen LogP contribution in [0, 0.1) is 6.92 Å². The van der Waals surface area contributed by atoms with E-state index in [1.807, 2.05) is 19.1 Å². The summed E-state index contributed by atoms with van der Waals surface area (Å²) in [7, 11) is 0. The van der Waals surface area contributed by atoms with Gasteiger partial charge in [0.2, 0.25) is 0 Å². The first-order chi connectivity index (χ1) is 7.67. The Morgan fingerprint density at radius 3 is 2.69 bits per heavy atom. The summed E-state index contributed by atoms with van der Waals surface area (Å²) in [6, 6.07) is 4.39. The minimum Gasteiger partial charge on any atom is -0.381 e. The molecule has 90 valence electrons. The van der Waals surface area contributed by atoms with Crippen molar-refractivity contribution >= 4 is 17.3 Å². The minimum absolute atomic E-state index is 0.543. The van der Waals surface area contributed by atoms with Crippen LogP contribution in [0.25, 0.3) is 0 Å². The second-order valence-corrected chi connectivity index (χ2v) is 4.55. The summed E-state index contributed by atoms with van der Waals surface area (Å²) in [6.45, 7) is 6.43. The van der Waals surface area contributed by atoms with Crippen LogP contribution in [0.2, 0.25) is 5.15 Å². The number of anilines is 1. The molecule has 0 spiro atoms. The first kappa shape index (κ1) is 13.3. The third-order valence-corrected chi connectivity index (χ3v) is 3.02. The molecule has 2 nitrogen and oxygen atoms in total. The van der Waals surface area contributed by atoms with Gasteiger partial charge in [-0.25, -0.2) is 4.98 Å². The topological polar surface area (TPSA) is 24.9 Å². The van der Waals surface area contributed by atoms with Gasteiger partial charge in [-0.1, -0.05) is 38.3 Å². The Bertz CT molecular complexity index is 326. The summed E-state index contributed by atoms with van der Waals surface area (Å²) in [5.74, 6) is 0. The van der Waals surface area contributed by atoms with Crippen molar-refractivity contribution in [2.75, 3.05) is 5.32 Å². The van der Waals surface area contributed by atoms with Gasteiger partial charge in [-0.15, -0.1) is 0 Å². The normalized spacial score (nSPS) is 12.5. The molecule has 0 bridgehead atoms. The summed E-state index contributed by atoms with van der Waals surface area (Å²) in [4.78, 5) is 4.24. The van der Waals surface area contributed by atoms with E-state index in [0.717, 1.165) is 17.8 Å². The fourth-order valence-electron chi connectivity index (χ4n) is 1.73. The second-order valence-electron chi connectivity index (χ2n) is 4.16. The van der Waals surface area contributed by atoms with Crippen molar-refractivity contribution in [3.63, 3.8) is 0 Å². The number of aryl methyl sites for hydroxylation is 1. The summed E-state index contributed by atoms with van der Waals surface area (Å²) < 4.78 is 0. The molecular formula is C13H21ClN2. The van der Waals surface area contributed by atoms with E-state index >= 15 is 0 Å². The number of hydrogen-bond donors (Lipinski definition) is 1.